The van der Waals surface area contributed by atoms with Crippen molar-refractivity contribution < 1.29 is 0 Å². The Kier molecular flexibility index (Phi) is 2.76. The van der Waals surface area contributed by atoms with Gasteiger partial charge < -0.3 is 5.32 Å². The molecule has 1 aromatic heterocycles. The Morgan fingerprint density at radius 3 is 2.76 bits per heavy atom. The second kappa shape index (κ2) is 4.55. The zero-order chi connectivity index (χ0) is 11.5. The largest absolute Gasteiger partial charge is 0.379 e. The van der Waals surface area contributed by atoms with Crippen LogP contribution in [0.4, 0.5) is 5.69 Å². The molecule has 17 heavy (non-hydrogen) atoms. The van der Waals surface area contributed by atoms with Crippen LogP contribution in [0.1, 0.15) is 5.69 Å². The Hall–Kier alpha value is -1.87. The maximum Gasteiger partial charge on any atom is 0.0795 e. The molecule has 0 spiro atoms. The predicted octanol–water partition coefficient (Wildman–Crippen LogP) is 3.91. The van der Waals surface area contributed by atoms with Crippen LogP contribution in [-0.2, 0) is 6.54 Å². The lowest BCUT2D eigenvalue weighted by atomic mass is 10.1. The molecule has 0 aliphatic heterocycles. The molecule has 0 radical (unpaired) electrons. The van der Waals surface area contributed by atoms with Gasteiger partial charge in [-0.15, -0.1) is 11.3 Å². The van der Waals surface area contributed by atoms with Crippen LogP contribution in [0.5, 0.6) is 0 Å². The number of hydrogen-bond acceptors (Lipinski definition) is 3. The summed E-state index contributed by atoms with van der Waals surface area (Å²) < 4.78 is 0. The first-order chi connectivity index (χ1) is 8.42. The minimum atomic E-state index is 0.780. The zero-order valence-electron chi connectivity index (χ0n) is 9.26. The molecule has 0 atom stereocenters. The van der Waals surface area contributed by atoms with Crippen LogP contribution in [-0.4, -0.2) is 4.98 Å². The second-order valence-corrected chi connectivity index (χ2v) is 4.61. The van der Waals surface area contributed by atoms with Crippen molar-refractivity contribution in [2.24, 2.45) is 0 Å². The van der Waals surface area contributed by atoms with Crippen molar-refractivity contribution >= 4 is 27.8 Å². The lowest BCUT2D eigenvalue weighted by Crippen LogP contribution is -1.99. The molecular weight excluding hydrogens is 228 g/mol. The number of anilines is 1. The Morgan fingerprint density at radius 1 is 1.06 bits per heavy atom. The van der Waals surface area contributed by atoms with E-state index in [9.17, 15) is 0 Å². The van der Waals surface area contributed by atoms with Crippen LogP contribution < -0.4 is 5.32 Å². The number of fused-ring (bicyclic) bond motifs is 1. The highest BCUT2D eigenvalue weighted by atomic mass is 32.1. The first-order valence-electron chi connectivity index (χ1n) is 5.51. The molecule has 3 heteroatoms. The van der Waals surface area contributed by atoms with Gasteiger partial charge in [0.15, 0.2) is 0 Å². The fourth-order valence-corrected chi connectivity index (χ4v) is 2.38. The monoisotopic (exact) mass is 240 g/mol. The van der Waals surface area contributed by atoms with E-state index in [-0.39, 0.29) is 0 Å². The molecule has 0 saturated carbocycles. The quantitative estimate of drug-likeness (QED) is 0.750. The minimum Gasteiger partial charge on any atom is -0.379 e. The molecule has 1 heterocycles. The smallest absolute Gasteiger partial charge is 0.0795 e. The van der Waals surface area contributed by atoms with E-state index < -0.39 is 0 Å². The number of nitrogens with one attached hydrogen (secondary N) is 1. The van der Waals surface area contributed by atoms with E-state index in [1.807, 2.05) is 5.51 Å². The number of thiazole rings is 1. The van der Waals surface area contributed by atoms with Gasteiger partial charge in [0.05, 0.1) is 17.7 Å². The van der Waals surface area contributed by atoms with Crippen LogP contribution in [0.25, 0.3) is 10.8 Å². The third-order valence-electron chi connectivity index (χ3n) is 2.71. The third kappa shape index (κ3) is 2.29. The summed E-state index contributed by atoms with van der Waals surface area (Å²) >= 11 is 1.63. The molecule has 0 bridgehead atoms. The molecule has 1 N–H and O–H groups in total. The van der Waals surface area contributed by atoms with Crippen LogP contribution >= 0.6 is 11.3 Å². The fraction of sp³-hybridized carbons (Fsp3) is 0.0714. The lowest BCUT2D eigenvalue weighted by Gasteiger charge is -2.05. The molecule has 2 nitrogen and oxygen atoms in total. The summed E-state index contributed by atoms with van der Waals surface area (Å²) in [7, 11) is 0. The van der Waals surface area contributed by atoms with Gasteiger partial charge in [0.1, 0.15) is 0 Å². The van der Waals surface area contributed by atoms with Gasteiger partial charge in [-0.1, -0.05) is 30.3 Å². The van der Waals surface area contributed by atoms with Crippen molar-refractivity contribution in [1.29, 1.82) is 0 Å². The molecule has 0 aliphatic carbocycles. The van der Waals surface area contributed by atoms with Gasteiger partial charge in [-0.3, -0.25) is 0 Å². The number of aromatic nitrogens is 1. The zero-order valence-corrected chi connectivity index (χ0v) is 10.1. The van der Waals surface area contributed by atoms with Crippen molar-refractivity contribution in [3.63, 3.8) is 0 Å². The molecule has 3 rings (SSSR count). The summed E-state index contributed by atoms with van der Waals surface area (Å²) in [5.41, 5.74) is 4.08. The molecule has 2 aromatic carbocycles. The predicted molar refractivity (Wildman–Crippen MR) is 73.4 cm³/mol. The van der Waals surface area contributed by atoms with Crippen molar-refractivity contribution in [1.82, 2.24) is 4.98 Å². The van der Waals surface area contributed by atoms with Crippen molar-refractivity contribution in [2.45, 2.75) is 6.54 Å². The third-order valence-corrected chi connectivity index (χ3v) is 3.34. The van der Waals surface area contributed by atoms with Gasteiger partial charge in [-0.25, -0.2) is 4.98 Å². The summed E-state index contributed by atoms with van der Waals surface area (Å²) in [6, 6.07) is 14.8. The number of benzene rings is 2. The van der Waals surface area contributed by atoms with Gasteiger partial charge in [-0.2, -0.15) is 0 Å². The molecule has 84 valence electrons. The summed E-state index contributed by atoms with van der Waals surface area (Å²) in [6.45, 7) is 0.780. The summed E-state index contributed by atoms with van der Waals surface area (Å²) in [5, 5.41) is 7.98. The maximum atomic E-state index is 4.25. The number of rotatable bonds is 3. The molecule has 0 amide bonds. The van der Waals surface area contributed by atoms with Crippen LogP contribution in [0.3, 0.4) is 0 Å². The Labute approximate surface area is 104 Å². The van der Waals surface area contributed by atoms with Gasteiger partial charge in [0.25, 0.3) is 0 Å². The van der Waals surface area contributed by atoms with Crippen LogP contribution in [0.2, 0.25) is 0 Å². The standard InChI is InChI=1S/C14H12N2S/c1-2-4-12-7-13(6-5-11(12)3-1)15-8-14-9-17-10-16-14/h1-7,9-10,15H,8H2. The number of hydrogen-bond donors (Lipinski definition) is 1. The normalized spacial score (nSPS) is 10.6. The van der Waals surface area contributed by atoms with Crippen molar-refractivity contribution in [3.8, 4) is 0 Å². The average Bonchev–Trinajstić information content (AvgIpc) is 2.89. The average molecular weight is 240 g/mol. The summed E-state index contributed by atoms with van der Waals surface area (Å²) in [5.74, 6) is 0. The highest BCUT2D eigenvalue weighted by Crippen LogP contribution is 2.19. The van der Waals surface area contributed by atoms with Crippen LogP contribution in [0, 0.1) is 0 Å². The van der Waals surface area contributed by atoms with E-state index in [1.165, 1.54) is 10.8 Å². The number of nitrogens with zero attached hydrogens (tertiary/aromatic N) is 1. The molecule has 0 saturated heterocycles. The highest BCUT2D eigenvalue weighted by molar-refractivity contribution is 7.07. The van der Waals surface area contributed by atoms with E-state index >= 15 is 0 Å². The minimum absolute atomic E-state index is 0.780. The van der Waals surface area contributed by atoms with Gasteiger partial charge in [-0.05, 0) is 22.9 Å². The molecule has 0 fully saturated rings. The van der Waals surface area contributed by atoms with E-state index in [4.69, 9.17) is 0 Å². The van der Waals surface area contributed by atoms with Crippen molar-refractivity contribution in [2.75, 3.05) is 5.32 Å². The van der Waals surface area contributed by atoms with Gasteiger partial charge in [0.2, 0.25) is 0 Å². The molecule has 0 aliphatic rings. The second-order valence-electron chi connectivity index (χ2n) is 3.90. The lowest BCUT2D eigenvalue weighted by molar-refractivity contribution is 1.08. The van der Waals surface area contributed by atoms with E-state index in [2.05, 4.69) is 58.1 Å². The Balaban J connectivity index is 1.81. The van der Waals surface area contributed by atoms with Crippen molar-refractivity contribution in [3.05, 3.63) is 59.0 Å². The van der Waals surface area contributed by atoms with Crippen LogP contribution in [0.15, 0.2) is 53.4 Å². The highest BCUT2D eigenvalue weighted by Gasteiger charge is 1.97. The first-order valence-corrected chi connectivity index (χ1v) is 6.46. The molecule has 0 unspecified atom stereocenters. The topological polar surface area (TPSA) is 24.9 Å². The first kappa shape index (κ1) is 10.3. The van der Waals surface area contributed by atoms with E-state index in [0.717, 1.165) is 17.9 Å². The van der Waals surface area contributed by atoms with Gasteiger partial charge >= 0.3 is 0 Å². The fourth-order valence-electron chi connectivity index (χ4n) is 1.82. The molecular formula is C14H12N2S. The Morgan fingerprint density at radius 2 is 1.94 bits per heavy atom. The summed E-state index contributed by atoms with van der Waals surface area (Å²) in [6.07, 6.45) is 0. The van der Waals surface area contributed by atoms with E-state index in [0.29, 0.717) is 0 Å². The van der Waals surface area contributed by atoms with Gasteiger partial charge in [0, 0.05) is 11.1 Å². The SMILES string of the molecule is c1ccc2cc(NCc3cscn3)ccc2c1. The molecule has 3 aromatic rings. The van der Waals surface area contributed by atoms with E-state index in [1.54, 1.807) is 11.3 Å². The summed E-state index contributed by atoms with van der Waals surface area (Å²) in [4.78, 5) is 4.25. The Bertz CT molecular complexity index is 617. The maximum absolute atomic E-state index is 4.25.